The van der Waals surface area contributed by atoms with Crippen molar-refractivity contribution < 1.29 is 13.2 Å². The van der Waals surface area contributed by atoms with Crippen LogP contribution in [-0.4, -0.2) is 36.3 Å². The fourth-order valence-corrected chi connectivity index (χ4v) is 5.51. The average molecular weight is 449 g/mol. The van der Waals surface area contributed by atoms with Crippen LogP contribution < -0.4 is 0 Å². The fraction of sp³-hybridized carbons (Fsp3) is 0.321. The van der Waals surface area contributed by atoms with Crippen molar-refractivity contribution in [1.82, 2.24) is 4.90 Å². The smallest absolute Gasteiger partial charge is 0.297 e. The molecule has 33 heavy (non-hydrogen) atoms. The third-order valence-corrected chi connectivity index (χ3v) is 7.12. The zero-order valence-corrected chi connectivity index (χ0v) is 18.3. The Kier molecular flexibility index (Phi) is 6.07. The van der Waals surface area contributed by atoms with Gasteiger partial charge in [0.15, 0.2) is 0 Å². The summed E-state index contributed by atoms with van der Waals surface area (Å²) >= 11 is 0. The molecule has 6 rings (SSSR count). The average Bonchev–Trinajstić information content (AvgIpc) is 2.85. The molecule has 3 aromatic carbocycles. The maximum atomic E-state index is 12.9. The van der Waals surface area contributed by atoms with Gasteiger partial charge in [0.25, 0.3) is 0 Å². The van der Waals surface area contributed by atoms with Crippen LogP contribution in [-0.2, 0) is 6.18 Å². The molecule has 0 N–H and O–H groups in total. The molecule has 2 atom stereocenters. The van der Waals surface area contributed by atoms with E-state index in [1.807, 2.05) is 12.1 Å². The summed E-state index contributed by atoms with van der Waals surface area (Å²) in [6, 6.07) is 26.8. The minimum Gasteiger partial charge on any atom is -0.297 e. The Labute approximate surface area is 192 Å². The van der Waals surface area contributed by atoms with Gasteiger partial charge in [-0.15, -0.1) is 0 Å². The molecule has 0 spiro atoms. The van der Waals surface area contributed by atoms with E-state index in [-0.39, 0.29) is 18.0 Å². The van der Waals surface area contributed by atoms with Crippen LogP contribution in [0.2, 0.25) is 0 Å². The van der Waals surface area contributed by atoms with Crippen LogP contribution in [0.4, 0.5) is 13.2 Å². The number of nitrogens with zero attached hydrogens (tertiary/aromatic N) is 2. The monoisotopic (exact) mass is 448 g/mol. The van der Waals surface area contributed by atoms with Gasteiger partial charge in [-0.05, 0) is 60.7 Å². The number of alkyl halides is 3. The van der Waals surface area contributed by atoms with E-state index in [0.29, 0.717) is 11.5 Å². The van der Waals surface area contributed by atoms with Crippen molar-refractivity contribution in [2.24, 2.45) is 10.9 Å². The Bertz CT molecular complexity index is 1030. The van der Waals surface area contributed by atoms with Crippen LogP contribution in [0.25, 0.3) is 0 Å². The number of benzene rings is 3. The van der Waals surface area contributed by atoms with Crippen molar-refractivity contribution in [3.8, 4) is 0 Å². The molecule has 2 nitrogen and oxygen atoms in total. The van der Waals surface area contributed by atoms with Crippen LogP contribution in [0.15, 0.2) is 89.9 Å². The minimum absolute atomic E-state index is 0.0974. The SMILES string of the molecule is FC(F)(F)c1ccc(C=N[C@@H]2C3CCN(CC3)[C@H]2C(c2ccccc2)c2ccccc2)cc1. The summed E-state index contributed by atoms with van der Waals surface area (Å²) in [7, 11) is 0. The normalized spacial score (nSPS) is 25.1. The summed E-state index contributed by atoms with van der Waals surface area (Å²) in [6.45, 7) is 2.13. The molecular formula is C28H27F3N2. The maximum Gasteiger partial charge on any atom is 0.416 e. The van der Waals surface area contributed by atoms with E-state index in [0.717, 1.165) is 38.1 Å². The number of hydrogen-bond acceptors (Lipinski definition) is 2. The molecule has 0 unspecified atom stereocenters. The predicted molar refractivity (Wildman–Crippen MR) is 126 cm³/mol. The number of halogens is 3. The second-order valence-electron chi connectivity index (χ2n) is 9.05. The van der Waals surface area contributed by atoms with Gasteiger partial charge in [-0.25, -0.2) is 0 Å². The summed E-state index contributed by atoms with van der Waals surface area (Å²) in [5.74, 6) is 0.672. The van der Waals surface area contributed by atoms with Crippen LogP contribution >= 0.6 is 0 Å². The van der Waals surface area contributed by atoms with E-state index in [2.05, 4.69) is 53.4 Å². The molecule has 0 aromatic heterocycles. The van der Waals surface area contributed by atoms with Crippen molar-refractivity contribution in [3.05, 3.63) is 107 Å². The second kappa shape index (κ2) is 9.14. The van der Waals surface area contributed by atoms with Gasteiger partial charge < -0.3 is 0 Å². The van der Waals surface area contributed by atoms with E-state index >= 15 is 0 Å². The van der Waals surface area contributed by atoms with E-state index in [1.54, 1.807) is 6.21 Å². The first-order chi connectivity index (χ1) is 16.0. The summed E-state index contributed by atoms with van der Waals surface area (Å²) in [5, 5.41) is 0. The molecule has 0 radical (unpaired) electrons. The molecule has 3 heterocycles. The lowest BCUT2D eigenvalue weighted by atomic mass is 9.71. The van der Waals surface area contributed by atoms with Gasteiger partial charge in [0.1, 0.15) is 0 Å². The quantitative estimate of drug-likeness (QED) is 0.411. The lowest BCUT2D eigenvalue weighted by Crippen LogP contribution is -2.59. The van der Waals surface area contributed by atoms with Crippen LogP contribution in [0.1, 0.15) is 41.0 Å². The van der Waals surface area contributed by atoms with E-state index < -0.39 is 11.7 Å². The maximum absolute atomic E-state index is 12.9. The number of fused-ring (bicyclic) bond motifs is 3. The largest absolute Gasteiger partial charge is 0.416 e. The topological polar surface area (TPSA) is 15.6 Å². The number of rotatable bonds is 5. The minimum atomic E-state index is -4.32. The van der Waals surface area contributed by atoms with Crippen molar-refractivity contribution in [2.75, 3.05) is 13.1 Å². The molecule has 0 aliphatic carbocycles. The van der Waals surface area contributed by atoms with Crippen LogP contribution in [0.5, 0.6) is 0 Å². The summed E-state index contributed by atoms with van der Waals surface area (Å²) in [6.07, 6.45) is -0.328. The van der Waals surface area contributed by atoms with Crippen molar-refractivity contribution in [2.45, 2.75) is 37.0 Å². The van der Waals surface area contributed by atoms with Gasteiger partial charge in [0.05, 0.1) is 11.6 Å². The summed E-state index contributed by atoms with van der Waals surface area (Å²) in [5.41, 5.74) is 2.62. The Morgan fingerprint density at radius 1 is 0.788 bits per heavy atom. The molecule has 5 heteroatoms. The molecule has 3 aromatic rings. The molecule has 3 aliphatic heterocycles. The highest BCUT2D eigenvalue weighted by Gasteiger charge is 2.46. The highest BCUT2D eigenvalue weighted by Crippen LogP contribution is 2.43. The lowest BCUT2D eigenvalue weighted by Gasteiger charge is -2.52. The standard InChI is InChI=1S/C28H27F3N2/c29-28(30,31)24-13-11-20(12-14-24)19-32-26-23-15-17-33(18-16-23)27(26)25(21-7-3-1-4-8-21)22-9-5-2-6-10-22/h1-14,19,23,25-27H,15-18H2/t26-,27+/m1/s1. The second-order valence-corrected chi connectivity index (χ2v) is 9.05. The zero-order valence-electron chi connectivity index (χ0n) is 18.3. The van der Waals surface area contributed by atoms with Gasteiger partial charge in [0.2, 0.25) is 0 Å². The molecule has 3 aliphatic rings. The van der Waals surface area contributed by atoms with E-state index in [9.17, 15) is 13.2 Å². The van der Waals surface area contributed by atoms with E-state index in [4.69, 9.17) is 4.99 Å². The van der Waals surface area contributed by atoms with Gasteiger partial charge >= 0.3 is 6.18 Å². The van der Waals surface area contributed by atoms with Gasteiger partial charge in [-0.3, -0.25) is 9.89 Å². The van der Waals surface area contributed by atoms with Crippen molar-refractivity contribution in [1.29, 1.82) is 0 Å². The summed E-state index contributed by atoms with van der Waals surface area (Å²) < 4.78 is 38.8. The molecule has 3 saturated heterocycles. The van der Waals surface area contributed by atoms with Gasteiger partial charge in [0, 0.05) is 18.2 Å². The predicted octanol–water partition coefficient (Wildman–Crippen LogP) is 6.42. The summed E-state index contributed by atoms with van der Waals surface area (Å²) in [4.78, 5) is 7.60. The van der Waals surface area contributed by atoms with E-state index in [1.165, 1.54) is 23.3 Å². The zero-order chi connectivity index (χ0) is 22.8. The Hall–Kier alpha value is -2.92. The van der Waals surface area contributed by atoms with Crippen LogP contribution in [0, 0.1) is 5.92 Å². The first kappa shape index (κ1) is 21.9. The molecule has 0 saturated carbocycles. The van der Waals surface area contributed by atoms with Crippen molar-refractivity contribution in [3.63, 3.8) is 0 Å². The van der Waals surface area contributed by atoms with Crippen molar-refractivity contribution >= 4 is 6.21 Å². The molecule has 3 fully saturated rings. The number of hydrogen-bond donors (Lipinski definition) is 0. The van der Waals surface area contributed by atoms with Gasteiger partial charge in [-0.1, -0.05) is 72.8 Å². The molecule has 2 bridgehead atoms. The highest BCUT2D eigenvalue weighted by atomic mass is 19.4. The fourth-order valence-electron chi connectivity index (χ4n) is 5.51. The molecular weight excluding hydrogens is 421 g/mol. The lowest BCUT2D eigenvalue weighted by molar-refractivity contribution is -0.137. The number of piperidine rings is 3. The van der Waals surface area contributed by atoms with Crippen LogP contribution in [0.3, 0.4) is 0 Å². The number of aliphatic imine (C=N–C) groups is 1. The molecule has 170 valence electrons. The first-order valence-electron chi connectivity index (χ1n) is 11.5. The third-order valence-electron chi connectivity index (χ3n) is 7.12. The molecule has 0 amide bonds. The Morgan fingerprint density at radius 3 is 1.85 bits per heavy atom. The Balaban J connectivity index is 1.50. The first-order valence-corrected chi connectivity index (χ1v) is 11.5. The Morgan fingerprint density at radius 2 is 1.33 bits per heavy atom. The highest BCUT2D eigenvalue weighted by molar-refractivity contribution is 5.79. The third kappa shape index (κ3) is 4.60. The van der Waals surface area contributed by atoms with Gasteiger partial charge in [-0.2, -0.15) is 13.2 Å².